The Bertz CT molecular complexity index is 533. The predicted octanol–water partition coefficient (Wildman–Crippen LogP) is 5.14. The Morgan fingerprint density at radius 1 is 1.06 bits per heavy atom. The van der Waals surface area contributed by atoms with Gasteiger partial charge in [0.15, 0.2) is 4.47 Å². The molecule has 1 nitrogen and oxygen atoms in total. The number of halogens is 5. The first-order valence-electron chi connectivity index (χ1n) is 4.37. The third-order valence-corrected chi connectivity index (χ3v) is 3.43. The van der Waals surface area contributed by atoms with E-state index in [9.17, 15) is 13.2 Å². The van der Waals surface area contributed by atoms with Crippen LogP contribution in [0.15, 0.2) is 24.3 Å². The maximum absolute atomic E-state index is 12.7. The summed E-state index contributed by atoms with van der Waals surface area (Å²) in [7, 11) is 0. The second-order valence-corrected chi connectivity index (χ2v) is 5.17. The lowest BCUT2D eigenvalue weighted by Gasteiger charge is -2.05. The van der Waals surface area contributed by atoms with E-state index in [2.05, 4.69) is 4.98 Å². The van der Waals surface area contributed by atoms with E-state index in [1.54, 1.807) is 0 Å². The van der Waals surface area contributed by atoms with Gasteiger partial charge in [-0.15, -0.1) is 0 Å². The van der Waals surface area contributed by atoms with Crippen molar-refractivity contribution in [3.8, 4) is 11.3 Å². The number of hydrogen-bond donors (Lipinski definition) is 0. The lowest BCUT2D eigenvalue weighted by atomic mass is 10.1. The number of alkyl halides is 3. The summed E-state index contributed by atoms with van der Waals surface area (Å²) in [4.78, 5) is 2.90. The number of nitrogens with zero attached hydrogens (tertiary/aromatic N) is 1. The molecule has 0 aliphatic rings. The highest BCUT2D eigenvalue weighted by Gasteiger charge is 2.37. The predicted molar refractivity (Wildman–Crippen MR) is 62.6 cm³/mol. The molecule has 0 aliphatic carbocycles. The molecule has 1 aromatic carbocycles. The zero-order valence-corrected chi connectivity index (χ0v) is 10.4. The summed E-state index contributed by atoms with van der Waals surface area (Å²) in [5.74, 6) is 0. The van der Waals surface area contributed by atoms with Crippen LogP contribution in [0.25, 0.3) is 11.3 Å². The maximum atomic E-state index is 12.7. The van der Waals surface area contributed by atoms with Gasteiger partial charge < -0.3 is 0 Å². The SMILES string of the molecule is FC(F)(F)c1sc(Cl)nc1-c1ccc(Cl)cc1. The van der Waals surface area contributed by atoms with E-state index in [1.165, 1.54) is 24.3 Å². The fourth-order valence-corrected chi connectivity index (χ4v) is 2.41. The summed E-state index contributed by atoms with van der Waals surface area (Å²) < 4.78 is 38.0. The van der Waals surface area contributed by atoms with Crippen molar-refractivity contribution in [1.29, 1.82) is 0 Å². The third kappa shape index (κ3) is 2.73. The Morgan fingerprint density at radius 3 is 2.18 bits per heavy atom. The van der Waals surface area contributed by atoms with Gasteiger partial charge in [0.1, 0.15) is 4.88 Å². The first-order valence-corrected chi connectivity index (χ1v) is 5.94. The molecule has 0 aliphatic heterocycles. The molecular formula is C10H4Cl2F3NS. The second-order valence-electron chi connectivity index (χ2n) is 3.15. The third-order valence-electron chi connectivity index (χ3n) is 1.98. The molecule has 0 amide bonds. The van der Waals surface area contributed by atoms with Crippen LogP contribution in [0.1, 0.15) is 4.88 Å². The first-order chi connectivity index (χ1) is 7.88. The Labute approximate surface area is 109 Å². The molecule has 0 saturated carbocycles. The Kier molecular flexibility index (Phi) is 3.34. The van der Waals surface area contributed by atoms with E-state index in [4.69, 9.17) is 23.2 Å². The smallest absolute Gasteiger partial charge is 0.224 e. The largest absolute Gasteiger partial charge is 0.427 e. The van der Waals surface area contributed by atoms with Crippen LogP contribution < -0.4 is 0 Å². The molecule has 0 bridgehead atoms. The van der Waals surface area contributed by atoms with Crippen molar-refractivity contribution < 1.29 is 13.2 Å². The highest BCUT2D eigenvalue weighted by Crippen LogP contribution is 2.42. The molecule has 17 heavy (non-hydrogen) atoms. The normalized spacial score (nSPS) is 11.8. The van der Waals surface area contributed by atoms with Crippen LogP contribution in [0.5, 0.6) is 0 Å². The van der Waals surface area contributed by atoms with Gasteiger partial charge in [-0.3, -0.25) is 0 Å². The van der Waals surface area contributed by atoms with Crippen molar-refractivity contribution in [3.05, 3.63) is 38.6 Å². The van der Waals surface area contributed by atoms with Crippen LogP contribution in [0.2, 0.25) is 9.49 Å². The molecule has 1 heterocycles. The van der Waals surface area contributed by atoms with Crippen molar-refractivity contribution >= 4 is 34.5 Å². The molecule has 0 N–H and O–H groups in total. The Balaban J connectivity index is 2.55. The van der Waals surface area contributed by atoms with E-state index in [1.807, 2.05) is 0 Å². The van der Waals surface area contributed by atoms with Gasteiger partial charge in [0.05, 0.1) is 5.69 Å². The minimum atomic E-state index is -4.46. The molecule has 7 heteroatoms. The molecule has 0 atom stereocenters. The zero-order chi connectivity index (χ0) is 12.6. The van der Waals surface area contributed by atoms with Crippen LogP contribution in [-0.4, -0.2) is 4.98 Å². The fourth-order valence-electron chi connectivity index (χ4n) is 1.29. The highest BCUT2D eigenvalue weighted by molar-refractivity contribution is 7.16. The first kappa shape index (κ1) is 12.7. The van der Waals surface area contributed by atoms with E-state index in [0.29, 0.717) is 21.9 Å². The van der Waals surface area contributed by atoms with Crippen LogP contribution in [0.3, 0.4) is 0 Å². The van der Waals surface area contributed by atoms with Gasteiger partial charge in [-0.2, -0.15) is 13.2 Å². The standard InChI is InChI=1S/C10H4Cl2F3NS/c11-6-3-1-5(2-4-6)7-8(10(13,14)15)17-9(12)16-7/h1-4H. The number of hydrogen-bond acceptors (Lipinski definition) is 2. The summed E-state index contributed by atoms with van der Waals surface area (Å²) in [6.45, 7) is 0. The minimum absolute atomic E-state index is 0.137. The molecule has 0 radical (unpaired) electrons. The molecule has 2 rings (SSSR count). The lowest BCUT2D eigenvalue weighted by molar-refractivity contribution is -0.134. The maximum Gasteiger partial charge on any atom is 0.427 e. The summed E-state index contributed by atoms with van der Waals surface area (Å²) >= 11 is 11.6. The fraction of sp³-hybridized carbons (Fsp3) is 0.100. The summed E-state index contributed by atoms with van der Waals surface area (Å²) in [6, 6.07) is 5.96. The summed E-state index contributed by atoms with van der Waals surface area (Å²) in [5.41, 5.74) is 0.175. The van der Waals surface area contributed by atoms with Gasteiger partial charge in [0.2, 0.25) is 0 Å². The van der Waals surface area contributed by atoms with Crippen molar-refractivity contribution in [3.63, 3.8) is 0 Å². The van der Waals surface area contributed by atoms with E-state index < -0.39 is 11.1 Å². The molecule has 0 fully saturated rings. The summed E-state index contributed by atoms with van der Waals surface area (Å²) in [5, 5.41) is 0.448. The zero-order valence-electron chi connectivity index (χ0n) is 8.05. The molecule has 2 aromatic rings. The molecule has 1 aromatic heterocycles. The number of aromatic nitrogens is 1. The van der Waals surface area contributed by atoms with Crippen molar-refractivity contribution in [2.75, 3.05) is 0 Å². The van der Waals surface area contributed by atoms with Gasteiger partial charge in [0.25, 0.3) is 0 Å². The van der Waals surface area contributed by atoms with Gasteiger partial charge in [-0.05, 0) is 12.1 Å². The van der Waals surface area contributed by atoms with Crippen molar-refractivity contribution in [1.82, 2.24) is 4.98 Å². The Morgan fingerprint density at radius 2 is 1.65 bits per heavy atom. The number of thiazole rings is 1. The summed E-state index contributed by atoms with van der Waals surface area (Å²) in [6.07, 6.45) is -4.46. The van der Waals surface area contributed by atoms with E-state index in [-0.39, 0.29) is 10.2 Å². The van der Waals surface area contributed by atoms with Crippen LogP contribution in [-0.2, 0) is 6.18 Å². The molecule has 90 valence electrons. The quantitative estimate of drug-likeness (QED) is 0.710. The minimum Gasteiger partial charge on any atom is -0.224 e. The molecule has 0 unspecified atom stereocenters. The van der Waals surface area contributed by atoms with Crippen molar-refractivity contribution in [2.24, 2.45) is 0 Å². The lowest BCUT2D eigenvalue weighted by Crippen LogP contribution is -2.03. The average molecular weight is 298 g/mol. The van der Waals surface area contributed by atoms with Crippen LogP contribution in [0, 0.1) is 0 Å². The van der Waals surface area contributed by atoms with Gasteiger partial charge in [-0.1, -0.05) is 46.7 Å². The second kappa shape index (κ2) is 4.48. The van der Waals surface area contributed by atoms with Crippen molar-refractivity contribution in [2.45, 2.75) is 6.18 Å². The monoisotopic (exact) mass is 297 g/mol. The van der Waals surface area contributed by atoms with Crippen LogP contribution >= 0.6 is 34.5 Å². The number of benzene rings is 1. The average Bonchev–Trinajstić information content (AvgIpc) is 2.61. The number of rotatable bonds is 1. The van der Waals surface area contributed by atoms with E-state index >= 15 is 0 Å². The van der Waals surface area contributed by atoms with E-state index in [0.717, 1.165) is 0 Å². The topological polar surface area (TPSA) is 12.9 Å². The Hall–Kier alpha value is -0.780. The van der Waals surface area contributed by atoms with Gasteiger partial charge in [-0.25, -0.2) is 4.98 Å². The van der Waals surface area contributed by atoms with Gasteiger partial charge >= 0.3 is 6.18 Å². The highest BCUT2D eigenvalue weighted by atomic mass is 35.5. The van der Waals surface area contributed by atoms with Crippen LogP contribution in [0.4, 0.5) is 13.2 Å². The molecule has 0 saturated heterocycles. The van der Waals surface area contributed by atoms with Gasteiger partial charge in [0, 0.05) is 10.6 Å². The molecular weight excluding hydrogens is 294 g/mol. The molecule has 0 spiro atoms.